The third kappa shape index (κ3) is 3.03. The first kappa shape index (κ1) is 12.0. The van der Waals surface area contributed by atoms with Crippen LogP contribution in [-0.2, 0) is 6.54 Å². The van der Waals surface area contributed by atoms with Gasteiger partial charge in [-0.3, -0.25) is 4.90 Å². The summed E-state index contributed by atoms with van der Waals surface area (Å²) in [6.45, 7) is 6.27. The van der Waals surface area contributed by atoms with Crippen LogP contribution in [0.5, 0.6) is 0 Å². The Balaban J connectivity index is 1.95. The normalized spacial score (nSPS) is 16.3. The lowest BCUT2D eigenvalue weighted by Gasteiger charge is -2.19. The van der Waals surface area contributed by atoms with Crippen LogP contribution in [0.1, 0.15) is 43.3 Å². The molecular formula is C12H20N2OS. The summed E-state index contributed by atoms with van der Waals surface area (Å²) < 4.78 is 0. The number of nitrogens with zero attached hydrogens (tertiary/aromatic N) is 2. The molecule has 1 saturated carbocycles. The fourth-order valence-corrected chi connectivity index (χ4v) is 2.65. The van der Waals surface area contributed by atoms with E-state index in [-0.39, 0.29) is 6.61 Å². The molecule has 0 aliphatic heterocycles. The Morgan fingerprint density at radius 1 is 1.56 bits per heavy atom. The Hall–Kier alpha value is -0.450. The third-order valence-electron chi connectivity index (χ3n) is 2.88. The van der Waals surface area contributed by atoms with Crippen molar-refractivity contribution in [2.75, 3.05) is 13.2 Å². The number of hydrogen-bond donors (Lipinski definition) is 1. The van der Waals surface area contributed by atoms with Gasteiger partial charge in [0.25, 0.3) is 0 Å². The first-order chi connectivity index (χ1) is 7.70. The topological polar surface area (TPSA) is 36.4 Å². The van der Waals surface area contributed by atoms with Crippen molar-refractivity contribution >= 4 is 11.3 Å². The Morgan fingerprint density at radius 2 is 2.31 bits per heavy atom. The van der Waals surface area contributed by atoms with Gasteiger partial charge in [-0.15, -0.1) is 11.3 Å². The summed E-state index contributed by atoms with van der Waals surface area (Å²) in [7, 11) is 0. The summed E-state index contributed by atoms with van der Waals surface area (Å²) in [6, 6.07) is 0.691. The van der Waals surface area contributed by atoms with Crippen molar-refractivity contribution in [2.24, 2.45) is 0 Å². The summed E-state index contributed by atoms with van der Waals surface area (Å²) in [5.41, 5.74) is 1.16. The van der Waals surface area contributed by atoms with Gasteiger partial charge in [0.05, 0.1) is 17.3 Å². The van der Waals surface area contributed by atoms with E-state index in [4.69, 9.17) is 5.11 Å². The average Bonchev–Trinajstić information content (AvgIpc) is 2.98. The van der Waals surface area contributed by atoms with E-state index in [1.165, 1.54) is 17.8 Å². The molecule has 1 aromatic heterocycles. The van der Waals surface area contributed by atoms with E-state index in [1.807, 2.05) is 0 Å². The maximum absolute atomic E-state index is 9.03. The molecular weight excluding hydrogens is 220 g/mol. The van der Waals surface area contributed by atoms with Gasteiger partial charge in [-0.2, -0.15) is 0 Å². The third-order valence-corrected chi connectivity index (χ3v) is 4.07. The van der Waals surface area contributed by atoms with E-state index in [0.29, 0.717) is 12.0 Å². The summed E-state index contributed by atoms with van der Waals surface area (Å²) in [6.07, 6.45) is 2.56. The lowest BCUT2D eigenvalue weighted by molar-refractivity contribution is 0.182. The highest BCUT2D eigenvalue weighted by Crippen LogP contribution is 2.28. The molecule has 0 spiro atoms. The Bertz CT molecular complexity index is 334. The van der Waals surface area contributed by atoms with E-state index in [9.17, 15) is 0 Å². The molecule has 0 atom stereocenters. The highest BCUT2D eigenvalue weighted by molar-refractivity contribution is 7.09. The monoisotopic (exact) mass is 240 g/mol. The van der Waals surface area contributed by atoms with Crippen LogP contribution in [0.3, 0.4) is 0 Å². The molecule has 1 aliphatic carbocycles. The predicted molar refractivity (Wildman–Crippen MR) is 66.7 cm³/mol. The number of aliphatic hydroxyl groups is 1. The van der Waals surface area contributed by atoms with Crippen molar-refractivity contribution in [3.8, 4) is 0 Å². The highest BCUT2D eigenvalue weighted by atomic mass is 32.1. The quantitative estimate of drug-likeness (QED) is 0.828. The van der Waals surface area contributed by atoms with Crippen molar-refractivity contribution in [3.05, 3.63) is 16.1 Å². The van der Waals surface area contributed by atoms with E-state index in [2.05, 4.69) is 29.1 Å². The van der Waals surface area contributed by atoms with E-state index in [0.717, 1.165) is 18.8 Å². The van der Waals surface area contributed by atoms with Crippen LogP contribution in [0.2, 0.25) is 0 Å². The van der Waals surface area contributed by atoms with Gasteiger partial charge < -0.3 is 5.11 Å². The van der Waals surface area contributed by atoms with Crippen LogP contribution in [0.25, 0.3) is 0 Å². The minimum absolute atomic E-state index is 0.248. The lowest BCUT2D eigenvalue weighted by Crippen LogP contribution is -2.28. The van der Waals surface area contributed by atoms with Gasteiger partial charge in [-0.1, -0.05) is 13.8 Å². The second-order valence-electron chi connectivity index (χ2n) is 4.76. The smallest absolute Gasteiger partial charge is 0.0954 e. The largest absolute Gasteiger partial charge is 0.395 e. The molecule has 3 nitrogen and oxygen atoms in total. The molecule has 0 bridgehead atoms. The fourth-order valence-electron chi connectivity index (χ4n) is 1.83. The Labute approximate surface area is 101 Å². The molecule has 16 heavy (non-hydrogen) atoms. The van der Waals surface area contributed by atoms with Gasteiger partial charge in [0.2, 0.25) is 0 Å². The van der Waals surface area contributed by atoms with Crippen molar-refractivity contribution in [1.82, 2.24) is 9.88 Å². The molecule has 1 heterocycles. The van der Waals surface area contributed by atoms with Crippen LogP contribution < -0.4 is 0 Å². The molecule has 0 radical (unpaired) electrons. The van der Waals surface area contributed by atoms with Gasteiger partial charge in [-0.25, -0.2) is 4.98 Å². The molecule has 1 N–H and O–H groups in total. The van der Waals surface area contributed by atoms with E-state index < -0.39 is 0 Å². The molecule has 4 heteroatoms. The van der Waals surface area contributed by atoms with E-state index in [1.54, 1.807) is 11.3 Å². The highest BCUT2D eigenvalue weighted by Gasteiger charge is 2.28. The van der Waals surface area contributed by atoms with Gasteiger partial charge >= 0.3 is 0 Å². The first-order valence-electron chi connectivity index (χ1n) is 6.00. The zero-order chi connectivity index (χ0) is 11.5. The molecule has 0 amide bonds. The second kappa shape index (κ2) is 5.25. The molecule has 0 unspecified atom stereocenters. The van der Waals surface area contributed by atoms with Crippen molar-refractivity contribution < 1.29 is 5.11 Å². The molecule has 1 aromatic rings. The molecule has 90 valence electrons. The van der Waals surface area contributed by atoms with Crippen LogP contribution in [-0.4, -0.2) is 34.2 Å². The van der Waals surface area contributed by atoms with Gasteiger partial charge in [0.15, 0.2) is 0 Å². The molecule has 0 aromatic carbocycles. The van der Waals surface area contributed by atoms with Gasteiger partial charge in [0, 0.05) is 30.4 Å². The second-order valence-corrected chi connectivity index (χ2v) is 5.65. The summed E-state index contributed by atoms with van der Waals surface area (Å²) in [5, 5.41) is 12.4. The lowest BCUT2D eigenvalue weighted by atomic mass is 10.2. The summed E-state index contributed by atoms with van der Waals surface area (Å²) in [5.74, 6) is 0.519. The van der Waals surface area contributed by atoms with Crippen LogP contribution >= 0.6 is 11.3 Å². The fraction of sp³-hybridized carbons (Fsp3) is 0.750. The van der Waals surface area contributed by atoms with Crippen molar-refractivity contribution in [2.45, 2.75) is 45.2 Å². The van der Waals surface area contributed by atoms with Crippen LogP contribution in [0.15, 0.2) is 5.38 Å². The molecule has 1 aliphatic rings. The molecule has 1 fully saturated rings. The predicted octanol–water partition coefficient (Wildman–Crippen LogP) is 2.22. The average molecular weight is 240 g/mol. The first-order valence-corrected chi connectivity index (χ1v) is 6.88. The van der Waals surface area contributed by atoms with E-state index >= 15 is 0 Å². The minimum Gasteiger partial charge on any atom is -0.395 e. The number of rotatable bonds is 6. The summed E-state index contributed by atoms with van der Waals surface area (Å²) in [4.78, 5) is 6.98. The van der Waals surface area contributed by atoms with Crippen LogP contribution in [0.4, 0.5) is 0 Å². The maximum atomic E-state index is 9.03. The van der Waals surface area contributed by atoms with Gasteiger partial charge in [0.1, 0.15) is 0 Å². The van der Waals surface area contributed by atoms with Crippen molar-refractivity contribution in [3.63, 3.8) is 0 Å². The summed E-state index contributed by atoms with van der Waals surface area (Å²) >= 11 is 1.75. The minimum atomic E-state index is 0.248. The number of aromatic nitrogens is 1. The Morgan fingerprint density at radius 3 is 2.81 bits per heavy atom. The standard InChI is InChI=1S/C12H20N2OS/c1-9(2)12-13-10(8-16-12)7-14(5-6-15)11-3-4-11/h8-9,11,15H,3-7H2,1-2H3. The zero-order valence-corrected chi connectivity index (χ0v) is 10.8. The number of thiazole rings is 1. The molecule has 0 saturated heterocycles. The number of hydrogen-bond acceptors (Lipinski definition) is 4. The maximum Gasteiger partial charge on any atom is 0.0954 e. The van der Waals surface area contributed by atoms with Gasteiger partial charge in [-0.05, 0) is 12.8 Å². The zero-order valence-electron chi connectivity index (χ0n) is 10.0. The molecule has 2 rings (SSSR count). The SMILES string of the molecule is CC(C)c1nc(CN(CCO)C2CC2)cs1. The number of aliphatic hydroxyl groups excluding tert-OH is 1. The Kier molecular flexibility index (Phi) is 3.95. The van der Waals surface area contributed by atoms with Crippen LogP contribution in [0, 0.1) is 0 Å². The van der Waals surface area contributed by atoms with Crippen molar-refractivity contribution in [1.29, 1.82) is 0 Å².